The molecule has 2 aliphatic rings. The number of sulfonamides is 1. The van der Waals surface area contributed by atoms with Crippen molar-refractivity contribution in [2.75, 3.05) is 24.5 Å². The van der Waals surface area contributed by atoms with Crippen LogP contribution in [0.3, 0.4) is 0 Å². The number of rotatable bonds is 3. The lowest BCUT2D eigenvalue weighted by Gasteiger charge is -2.25. The molecule has 2 aliphatic heterocycles. The number of hydrogen-bond donors (Lipinski definition) is 0. The number of carbonyl (C=O) groups is 1. The summed E-state index contributed by atoms with van der Waals surface area (Å²) in [7, 11) is -2.08. The van der Waals surface area contributed by atoms with Crippen molar-refractivity contribution >= 4 is 21.6 Å². The van der Waals surface area contributed by atoms with Crippen LogP contribution in [0, 0.1) is 11.6 Å². The largest absolute Gasteiger partial charge is 0.345 e. The maximum Gasteiger partial charge on any atom is 0.274 e. The summed E-state index contributed by atoms with van der Waals surface area (Å²) < 4.78 is 56.2. The second-order valence-corrected chi connectivity index (χ2v) is 9.17. The van der Waals surface area contributed by atoms with E-state index in [4.69, 9.17) is 0 Å². The highest BCUT2D eigenvalue weighted by atomic mass is 32.2. The Kier molecular flexibility index (Phi) is 4.75. The van der Waals surface area contributed by atoms with Gasteiger partial charge in [-0.25, -0.2) is 17.2 Å². The number of piperidine rings is 1. The van der Waals surface area contributed by atoms with E-state index in [1.54, 1.807) is 7.05 Å². The predicted octanol–water partition coefficient (Wildman–Crippen LogP) is 2.68. The van der Waals surface area contributed by atoms with Gasteiger partial charge in [-0.05, 0) is 31.4 Å². The topological polar surface area (TPSA) is 62.6 Å². The third-order valence-corrected chi connectivity index (χ3v) is 7.27. The van der Waals surface area contributed by atoms with E-state index >= 15 is 0 Å². The van der Waals surface area contributed by atoms with Crippen molar-refractivity contribution in [3.05, 3.63) is 47.3 Å². The highest BCUT2D eigenvalue weighted by Crippen LogP contribution is 2.33. The Labute approximate surface area is 162 Å². The zero-order valence-corrected chi connectivity index (χ0v) is 16.3. The molecule has 0 aliphatic carbocycles. The van der Waals surface area contributed by atoms with Crippen LogP contribution in [0.2, 0.25) is 0 Å². The second kappa shape index (κ2) is 6.97. The van der Waals surface area contributed by atoms with E-state index in [0.29, 0.717) is 18.7 Å². The van der Waals surface area contributed by atoms with Gasteiger partial charge in [-0.1, -0.05) is 6.42 Å². The number of carbonyl (C=O) groups excluding carboxylic acids is 1. The lowest BCUT2D eigenvalue weighted by atomic mass is 10.1. The predicted molar refractivity (Wildman–Crippen MR) is 99.8 cm³/mol. The Bertz CT molecular complexity index is 1040. The fraction of sp³-hybridized carbons (Fsp3) is 0.421. The molecule has 150 valence electrons. The number of aryl methyl sites for hydroxylation is 1. The highest BCUT2D eigenvalue weighted by molar-refractivity contribution is 7.89. The van der Waals surface area contributed by atoms with Gasteiger partial charge in [0, 0.05) is 44.5 Å². The lowest BCUT2D eigenvalue weighted by Crippen LogP contribution is -2.35. The monoisotopic (exact) mass is 409 g/mol. The molecule has 0 saturated carbocycles. The second-order valence-electron chi connectivity index (χ2n) is 7.23. The van der Waals surface area contributed by atoms with Crippen molar-refractivity contribution in [2.45, 2.75) is 30.6 Å². The molecule has 1 aromatic heterocycles. The van der Waals surface area contributed by atoms with Crippen LogP contribution in [0.5, 0.6) is 0 Å². The first-order valence-corrected chi connectivity index (χ1v) is 10.7. The maximum absolute atomic E-state index is 14.0. The summed E-state index contributed by atoms with van der Waals surface area (Å²) in [6.45, 7) is 1.16. The first-order valence-electron chi connectivity index (χ1n) is 9.25. The average molecular weight is 409 g/mol. The molecule has 1 aromatic carbocycles. The molecule has 9 heteroatoms. The molecular weight excluding hydrogens is 388 g/mol. The van der Waals surface area contributed by atoms with Crippen molar-refractivity contribution in [1.82, 2.24) is 8.87 Å². The van der Waals surface area contributed by atoms with Crippen LogP contribution < -0.4 is 4.90 Å². The van der Waals surface area contributed by atoms with Crippen LogP contribution in [0.1, 0.15) is 35.3 Å². The molecule has 6 nitrogen and oxygen atoms in total. The molecule has 3 heterocycles. The molecule has 0 spiro atoms. The lowest BCUT2D eigenvalue weighted by molar-refractivity contribution is 0.0981. The van der Waals surface area contributed by atoms with Crippen LogP contribution in [-0.2, 0) is 23.5 Å². The van der Waals surface area contributed by atoms with Crippen LogP contribution in [0.4, 0.5) is 14.5 Å². The number of aromatic nitrogens is 1. The maximum atomic E-state index is 14.0. The van der Waals surface area contributed by atoms with Crippen LogP contribution in [0.15, 0.2) is 29.3 Å². The summed E-state index contributed by atoms with van der Waals surface area (Å²) in [5, 5.41) is 0. The third-order valence-electron chi connectivity index (χ3n) is 5.41. The minimum atomic E-state index is -3.67. The molecule has 1 amide bonds. The van der Waals surface area contributed by atoms with E-state index in [-0.39, 0.29) is 29.2 Å². The average Bonchev–Trinajstić information content (AvgIpc) is 3.26. The normalized spacial score (nSPS) is 17.8. The van der Waals surface area contributed by atoms with Gasteiger partial charge in [0.15, 0.2) is 0 Å². The number of hydrogen-bond acceptors (Lipinski definition) is 3. The highest BCUT2D eigenvalue weighted by Gasteiger charge is 2.32. The Morgan fingerprint density at radius 1 is 1.04 bits per heavy atom. The van der Waals surface area contributed by atoms with Crippen molar-refractivity contribution in [1.29, 1.82) is 0 Å². The molecule has 0 atom stereocenters. The molecule has 1 saturated heterocycles. The number of fused-ring (bicyclic) bond motifs is 1. The number of anilines is 1. The van der Waals surface area contributed by atoms with Crippen LogP contribution in [-0.4, -0.2) is 42.8 Å². The summed E-state index contributed by atoms with van der Waals surface area (Å²) in [5.74, 6) is -1.91. The van der Waals surface area contributed by atoms with Crippen molar-refractivity contribution < 1.29 is 22.0 Å². The Hall–Kier alpha value is -2.26. The van der Waals surface area contributed by atoms with Gasteiger partial charge in [0.05, 0.1) is 5.69 Å². The summed E-state index contributed by atoms with van der Waals surface area (Å²) in [6.07, 6.45) is 4.35. The van der Waals surface area contributed by atoms with Gasteiger partial charge in [0.1, 0.15) is 22.2 Å². The van der Waals surface area contributed by atoms with Crippen molar-refractivity contribution in [2.24, 2.45) is 7.05 Å². The summed E-state index contributed by atoms with van der Waals surface area (Å²) >= 11 is 0. The van der Waals surface area contributed by atoms with Crippen molar-refractivity contribution in [3.8, 4) is 0 Å². The Balaban J connectivity index is 1.66. The summed E-state index contributed by atoms with van der Waals surface area (Å²) in [5.41, 5.74) is 0.655. The molecular formula is C19H21F2N3O3S. The van der Waals surface area contributed by atoms with E-state index in [2.05, 4.69) is 0 Å². The van der Waals surface area contributed by atoms with E-state index in [0.717, 1.165) is 31.4 Å². The quantitative estimate of drug-likeness (QED) is 0.783. The summed E-state index contributed by atoms with van der Waals surface area (Å²) in [6, 6.07) is 3.29. The molecule has 28 heavy (non-hydrogen) atoms. The van der Waals surface area contributed by atoms with Gasteiger partial charge in [-0.15, -0.1) is 0 Å². The van der Waals surface area contributed by atoms with E-state index < -0.39 is 27.6 Å². The molecule has 0 N–H and O–H groups in total. The Morgan fingerprint density at radius 2 is 1.75 bits per heavy atom. The van der Waals surface area contributed by atoms with E-state index in [9.17, 15) is 22.0 Å². The standard InChI is InChI=1S/C19H21F2N3O3S/c1-22-12-14(28(26,27)23-6-3-2-4-7-23)11-18(22)19(25)24-8-5-15-16(21)9-13(20)10-17(15)24/h9-12H,2-8H2,1H3. The van der Waals surface area contributed by atoms with E-state index in [1.165, 1.54) is 26.0 Å². The smallest absolute Gasteiger partial charge is 0.274 e. The SMILES string of the molecule is Cn1cc(S(=O)(=O)N2CCCCC2)cc1C(=O)N1CCc2c(F)cc(F)cc21. The number of amides is 1. The van der Waals surface area contributed by atoms with Gasteiger partial charge < -0.3 is 9.47 Å². The van der Waals surface area contributed by atoms with Gasteiger partial charge >= 0.3 is 0 Å². The first kappa shape index (κ1) is 19.1. The van der Waals surface area contributed by atoms with Gasteiger partial charge in [0.25, 0.3) is 5.91 Å². The molecule has 0 radical (unpaired) electrons. The molecule has 0 bridgehead atoms. The first-order chi connectivity index (χ1) is 13.3. The zero-order chi connectivity index (χ0) is 20.1. The fourth-order valence-corrected chi connectivity index (χ4v) is 5.50. The van der Waals surface area contributed by atoms with Gasteiger partial charge in [-0.2, -0.15) is 4.31 Å². The van der Waals surface area contributed by atoms with Crippen LogP contribution >= 0.6 is 0 Å². The van der Waals surface area contributed by atoms with E-state index in [1.807, 2.05) is 0 Å². The fourth-order valence-electron chi connectivity index (χ4n) is 3.91. The number of benzene rings is 1. The number of halogens is 2. The van der Waals surface area contributed by atoms with Crippen LogP contribution in [0.25, 0.3) is 0 Å². The Morgan fingerprint density at radius 3 is 2.46 bits per heavy atom. The molecule has 0 unspecified atom stereocenters. The molecule has 2 aromatic rings. The van der Waals surface area contributed by atoms with Gasteiger partial charge in [0.2, 0.25) is 10.0 Å². The third kappa shape index (κ3) is 3.12. The number of nitrogens with zero attached hydrogens (tertiary/aromatic N) is 3. The summed E-state index contributed by atoms with van der Waals surface area (Å²) in [4.78, 5) is 14.4. The van der Waals surface area contributed by atoms with Crippen molar-refractivity contribution in [3.63, 3.8) is 0 Å². The molecule has 4 rings (SSSR count). The zero-order valence-electron chi connectivity index (χ0n) is 15.5. The minimum Gasteiger partial charge on any atom is -0.345 e. The van der Waals surface area contributed by atoms with Gasteiger partial charge in [-0.3, -0.25) is 4.79 Å². The minimum absolute atomic E-state index is 0.0603. The molecule has 1 fully saturated rings.